The Labute approximate surface area is 169 Å². The van der Waals surface area contributed by atoms with Crippen molar-refractivity contribution in [3.8, 4) is 0 Å². The average molecular weight is 425 g/mol. The summed E-state index contributed by atoms with van der Waals surface area (Å²) >= 11 is 0. The van der Waals surface area contributed by atoms with Gasteiger partial charge in [0.15, 0.2) is 0 Å². The molecule has 0 radical (unpaired) electrons. The number of benzene rings is 2. The average Bonchev–Trinajstić information content (AvgIpc) is 2.73. The number of amides is 2. The van der Waals surface area contributed by atoms with Crippen LogP contribution in [0.1, 0.15) is 15.9 Å². The van der Waals surface area contributed by atoms with Gasteiger partial charge in [-0.3, -0.25) is 20.4 Å². The molecule has 1 aliphatic heterocycles. The molecular formula is C20H19F4N3O3. The molecule has 160 valence electrons. The van der Waals surface area contributed by atoms with Crippen LogP contribution in [0.4, 0.5) is 23.2 Å². The highest BCUT2D eigenvalue weighted by atomic mass is 19.4. The van der Waals surface area contributed by atoms with Gasteiger partial charge >= 0.3 is 12.1 Å². The van der Waals surface area contributed by atoms with Gasteiger partial charge in [0, 0.05) is 30.8 Å². The third kappa shape index (κ3) is 5.47. The van der Waals surface area contributed by atoms with Crippen molar-refractivity contribution in [2.45, 2.75) is 18.7 Å². The smallest absolute Gasteiger partial charge is 0.374 e. The lowest BCUT2D eigenvalue weighted by Crippen LogP contribution is -2.47. The molecule has 0 bridgehead atoms. The van der Waals surface area contributed by atoms with Crippen LogP contribution in [0.5, 0.6) is 0 Å². The van der Waals surface area contributed by atoms with E-state index in [-0.39, 0.29) is 18.1 Å². The highest BCUT2D eigenvalue weighted by Gasteiger charge is 2.39. The quantitative estimate of drug-likeness (QED) is 0.584. The van der Waals surface area contributed by atoms with E-state index in [2.05, 4.69) is 4.90 Å². The van der Waals surface area contributed by atoms with Gasteiger partial charge < -0.3 is 9.64 Å². The van der Waals surface area contributed by atoms with E-state index in [1.165, 1.54) is 17.6 Å². The SMILES string of the molecule is O=C(NNC(=O)C(F)(F)F)c1ccc(CC2CN(c3ccccc3)CCO2)c(F)c1. The van der Waals surface area contributed by atoms with Crippen molar-refractivity contribution in [3.63, 3.8) is 0 Å². The van der Waals surface area contributed by atoms with E-state index >= 15 is 0 Å². The minimum atomic E-state index is -5.14. The van der Waals surface area contributed by atoms with Gasteiger partial charge in [-0.1, -0.05) is 24.3 Å². The van der Waals surface area contributed by atoms with E-state index in [1.807, 2.05) is 30.3 Å². The second-order valence-corrected chi connectivity index (χ2v) is 6.69. The van der Waals surface area contributed by atoms with Crippen LogP contribution in [-0.4, -0.2) is 43.8 Å². The molecule has 6 nitrogen and oxygen atoms in total. The van der Waals surface area contributed by atoms with E-state index in [1.54, 1.807) is 5.43 Å². The number of alkyl halides is 3. The van der Waals surface area contributed by atoms with Crippen molar-refractivity contribution in [1.29, 1.82) is 0 Å². The second-order valence-electron chi connectivity index (χ2n) is 6.69. The van der Waals surface area contributed by atoms with E-state index in [0.717, 1.165) is 11.8 Å². The fourth-order valence-electron chi connectivity index (χ4n) is 3.07. The topological polar surface area (TPSA) is 70.7 Å². The van der Waals surface area contributed by atoms with Crippen LogP contribution in [0.3, 0.4) is 0 Å². The van der Waals surface area contributed by atoms with Crippen molar-refractivity contribution >= 4 is 17.5 Å². The molecule has 0 aromatic heterocycles. The zero-order chi connectivity index (χ0) is 21.7. The summed E-state index contributed by atoms with van der Waals surface area (Å²) in [5, 5.41) is 0. The summed E-state index contributed by atoms with van der Waals surface area (Å²) in [5.41, 5.74) is 3.95. The van der Waals surface area contributed by atoms with Crippen LogP contribution in [0, 0.1) is 5.82 Å². The summed E-state index contributed by atoms with van der Waals surface area (Å²) in [5.74, 6) is -4.09. The molecule has 1 saturated heterocycles. The summed E-state index contributed by atoms with van der Waals surface area (Å²) < 4.78 is 56.6. The number of morpholine rings is 1. The van der Waals surface area contributed by atoms with E-state index in [9.17, 15) is 27.2 Å². The van der Waals surface area contributed by atoms with Crippen LogP contribution in [0.2, 0.25) is 0 Å². The molecule has 1 heterocycles. The summed E-state index contributed by atoms with van der Waals surface area (Å²) in [6.07, 6.45) is -5.14. The molecule has 0 spiro atoms. The number of para-hydroxylation sites is 1. The maximum Gasteiger partial charge on any atom is 0.472 e. The van der Waals surface area contributed by atoms with Gasteiger partial charge in [0.2, 0.25) is 0 Å². The Hall–Kier alpha value is -3.14. The first-order chi connectivity index (χ1) is 14.2. The molecule has 0 saturated carbocycles. The fraction of sp³-hybridized carbons (Fsp3) is 0.300. The minimum Gasteiger partial charge on any atom is -0.374 e. The van der Waals surface area contributed by atoms with Crippen molar-refractivity contribution in [2.75, 3.05) is 24.6 Å². The van der Waals surface area contributed by atoms with Gasteiger partial charge in [-0.15, -0.1) is 0 Å². The summed E-state index contributed by atoms with van der Waals surface area (Å²) in [6.45, 7) is 1.77. The number of hydrazine groups is 1. The number of carbonyl (C=O) groups is 2. The van der Waals surface area contributed by atoms with Crippen molar-refractivity contribution in [2.24, 2.45) is 0 Å². The van der Waals surface area contributed by atoms with Crippen LogP contribution in [0.25, 0.3) is 0 Å². The molecule has 2 aromatic rings. The molecule has 1 fully saturated rings. The number of rotatable bonds is 4. The number of anilines is 1. The van der Waals surface area contributed by atoms with Gasteiger partial charge in [-0.2, -0.15) is 13.2 Å². The van der Waals surface area contributed by atoms with Crippen LogP contribution < -0.4 is 15.8 Å². The van der Waals surface area contributed by atoms with E-state index in [4.69, 9.17) is 4.74 Å². The van der Waals surface area contributed by atoms with Crippen molar-refractivity contribution in [3.05, 3.63) is 65.5 Å². The van der Waals surface area contributed by atoms with Gasteiger partial charge in [-0.25, -0.2) is 4.39 Å². The fourth-order valence-corrected chi connectivity index (χ4v) is 3.07. The summed E-state index contributed by atoms with van der Waals surface area (Å²) in [4.78, 5) is 24.7. The first-order valence-corrected chi connectivity index (χ1v) is 9.11. The number of carbonyl (C=O) groups excluding carboxylic acids is 2. The highest BCUT2D eigenvalue weighted by Crippen LogP contribution is 2.21. The normalized spacial score (nSPS) is 16.8. The maximum absolute atomic E-state index is 14.5. The Morgan fingerprint density at radius 2 is 1.83 bits per heavy atom. The monoisotopic (exact) mass is 425 g/mol. The zero-order valence-electron chi connectivity index (χ0n) is 15.7. The Balaban J connectivity index is 1.60. The van der Waals surface area contributed by atoms with Crippen LogP contribution in [-0.2, 0) is 16.0 Å². The predicted octanol–water partition coefficient (Wildman–Crippen LogP) is 2.60. The van der Waals surface area contributed by atoms with Crippen LogP contribution >= 0.6 is 0 Å². The number of halogens is 4. The first-order valence-electron chi connectivity index (χ1n) is 9.11. The number of ether oxygens (including phenoxy) is 1. The molecular weight excluding hydrogens is 406 g/mol. The Bertz CT molecular complexity index is 906. The lowest BCUT2D eigenvalue weighted by atomic mass is 10.0. The molecule has 1 atom stereocenters. The number of hydrogen-bond donors (Lipinski definition) is 2. The largest absolute Gasteiger partial charge is 0.472 e. The third-order valence-electron chi connectivity index (χ3n) is 4.57. The number of hydrogen-bond acceptors (Lipinski definition) is 4. The third-order valence-corrected chi connectivity index (χ3v) is 4.57. The minimum absolute atomic E-state index is 0.228. The van der Waals surface area contributed by atoms with Gasteiger partial charge in [0.25, 0.3) is 5.91 Å². The van der Waals surface area contributed by atoms with Gasteiger partial charge in [-0.05, 0) is 29.8 Å². The molecule has 1 unspecified atom stereocenters. The molecule has 3 rings (SSSR count). The predicted molar refractivity (Wildman–Crippen MR) is 100 cm³/mol. The Morgan fingerprint density at radius 1 is 1.10 bits per heavy atom. The van der Waals surface area contributed by atoms with Gasteiger partial charge in [0.05, 0.1) is 12.7 Å². The lowest BCUT2D eigenvalue weighted by molar-refractivity contribution is -0.174. The number of nitrogens with zero attached hydrogens (tertiary/aromatic N) is 1. The van der Waals surface area contributed by atoms with E-state index in [0.29, 0.717) is 25.3 Å². The molecule has 2 N–H and O–H groups in total. The molecule has 0 aliphatic carbocycles. The summed E-state index contributed by atoms with van der Waals surface area (Å²) in [7, 11) is 0. The van der Waals surface area contributed by atoms with Crippen LogP contribution in [0.15, 0.2) is 48.5 Å². The van der Waals surface area contributed by atoms with Crippen molar-refractivity contribution in [1.82, 2.24) is 10.9 Å². The van der Waals surface area contributed by atoms with Gasteiger partial charge in [0.1, 0.15) is 5.82 Å². The molecule has 1 aliphatic rings. The van der Waals surface area contributed by atoms with Crippen molar-refractivity contribution < 1.29 is 31.9 Å². The highest BCUT2D eigenvalue weighted by molar-refractivity contribution is 5.95. The molecule has 2 aromatic carbocycles. The molecule has 30 heavy (non-hydrogen) atoms. The zero-order valence-corrected chi connectivity index (χ0v) is 15.7. The van der Waals surface area contributed by atoms with E-state index < -0.39 is 23.8 Å². The Kier molecular flexibility index (Phi) is 6.56. The molecule has 2 amide bonds. The first kappa shape index (κ1) is 21.6. The summed E-state index contributed by atoms with van der Waals surface area (Å²) in [6, 6.07) is 13.3. The number of nitrogens with one attached hydrogen (secondary N) is 2. The maximum atomic E-state index is 14.5. The lowest BCUT2D eigenvalue weighted by Gasteiger charge is -2.34. The standard InChI is InChI=1S/C20H19F4N3O3/c21-17-11-14(18(28)25-26-19(29)20(22,23)24)7-6-13(17)10-16-12-27(8-9-30-16)15-4-2-1-3-5-15/h1-7,11,16H,8-10,12H2,(H,25,28)(H,26,29). The Morgan fingerprint density at radius 3 is 2.50 bits per heavy atom. The second kappa shape index (κ2) is 9.12. The molecule has 10 heteroatoms.